The van der Waals surface area contributed by atoms with Crippen LogP contribution in [0.5, 0.6) is 0 Å². The van der Waals surface area contributed by atoms with Gasteiger partial charge in [0.05, 0.1) is 16.4 Å². The van der Waals surface area contributed by atoms with E-state index >= 15 is 0 Å². The third kappa shape index (κ3) is 3.24. The average Bonchev–Trinajstić information content (AvgIpc) is 2.55. The van der Waals surface area contributed by atoms with Gasteiger partial charge in [-0.3, -0.25) is 4.68 Å². The minimum Gasteiger partial charge on any atom is -0.271 e. The van der Waals surface area contributed by atoms with Gasteiger partial charge in [0, 0.05) is 12.4 Å². The molecular formula is C12H20BrClN2. The Kier molecular flexibility index (Phi) is 5.84. The van der Waals surface area contributed by atoms with E-state index < -0.39 is 0 Å². The molecule has 0 aliphatic heterocycles. The topological polar surface area (TPSA) is 17.8 Å². The largest absolute Gasteiger partial charge is 0.271 e. The van der Waals surface area contributed by atoms with Crippen molar-refractivity contribution < 1.29 is 0 Å². The summed E-state index contributed by atoms with van der Waals surface area (Å²) in [7, 11) is 1.98. The monoisotopic (exact) mass is 306 g/mol. The van der Waals surface area contributed by atoms with Crippen molar-refractivity contribution in [3.8, 4) is 0 Å². The molecule has 16 heavy (non-hydrogen) atoms. The first-order chi connectivity index (χ1) is 7.63. The molecule has 1 heterocycles. The zero-order valence-corrected chi connectivity index (χ0v) is 12.6. The second-order valence-electron chi connectivity index (χ2n) is 4.20. The van der Waals surface area contributed by atoms with Gasteiger partial charge >= 0.3 is 0 Å². The van der Waals surface area contributed by atoms with Crippen LogP contribution in [0.1, 0.15) is 38.1 Å². The quantitative estimate of drug-likeness (QED) is 0.727. The van der Waals surface area contributed by atoms with Crippen LogP contribution in [-0.2, 0) is 19.9 Å². The number of halogens is 2. The van der Waals surface area contributed by atoms with Gasteiger partial charge in [0.25, 0.3) is 0 Å². The van der Waals surface area contributed by atoms with Crippen LogP contribution < -0.4 is 0 Å². The first-order valence-electron chi connectivity index (χ1n) is 5.90. The zero-order valence-electron chi connectivity index (χ0n) is 10.3. The number of rotatable bonds is 6. The molecule has 1 unspecified atom stereocenters. The lowest BCUT2D eigenvalue weighted by Gasteiger charge is -2.13. The molecule has 0 bridgehead atoms. The van der Waals surface area contributed by atoms with E-state index in [9.17, 15) is 0 Å². The number of alkyl halides is 1. The number of nitrogens with zero attached hydrogens (tertiary/aromatic N) is 2. The molecule has 0 saturated carbocycles. The highest BCUT2D eigenvalue weighted by Gasteiger charge is 2.16. The van der Waals surface area contributed by atoms with Crippen LogP contribution in [0, 0.1) is 5.92 Å². The SMILES string of the molecule is CCCC(CBr)Cc1c(Cl)c(CC)nn1C. The molecule has 0 aliphatic rings. The van der Waals surface area contributed by atoms with Crippen LogP contribution in [0.15, 0.2) is 0 Å². The van der Waals surface area contributed by atoms with Gasteiger partial charge in [-0.15, -0.1) is 0 Å². The Hall–Kier alpha value is -0.0200. The molecule has 0 spiro atoms. The summed E-state index contributed by atoms with van der Waals surface area (Å²) in [6.07, 6.45) is 4.36. The zero-order chi connectivity index (χ0) is 12.1. The standard InChI is InChI=1S/C12H20BrClN2/c1-4-6-9(8-13)7-11-12(14)10(5-2)15-16(11)3/h9H,4-8H2,1-3H3. The fourth-order valence-electron chi connectivity index (χ4n) is 1.96. The molecule has 4 heteroatoms. The summed E-state index contributed by atoms with van der Waals surface area (Å²) in [5.74, 6) is 0.655. The predicted molar refractivity (Wildman–Crippen MR) is 73.5 cm³/mol. The Balaban J connectivity index is 2.82. The van der Waals surface area contributed by atoms with Gasteiger partial charge < -0.3 is 0 Å². The highest BCUT2D eigenvalue weighted by Crippen LogP contribution is 2.25. The fraction of sp³-hybridized carbons (Fsp3) is 0.750. The van der Waals surface area contributed by atoms with Gasteiger partial charge in [-0.1, -0.05) is 47.8 Å². The summed E-state index contributed by atoms with van der Waals surface area (Å²) in [6.45, 7) is 4.31. The molecule has 0 fully saturated rings. The van der Waals surface area contributed by atoms with Gasteiger partial charge in [0.2, 0.25) is 0 Å². The Bertz CT molecular complexity index is 336. The first kappa shape index (κ1) is 14.0. The van der Waals surface area contributed by atoms with Gasteiger partial charge in [-0.2, -0.15) is 5.10 Å². The minimum atomic E-state index is 0.655. The van der Waals surface area contributed by atoms with Gasteiger partial charge in [-0.25, -0.2) is 0 Å². The van der Waals surface area contributed by atoms with Gasteiger partial charge in [0.15, 0.2) is 0 Å². The number of hydrogen-bond acceptors (Lipinski definition) is 1. The molecule has 1 rings (SSSR count). The highest BCUT2D eigenvalue weighted by atomic mass is 79.9. The lowest BCUT2D eigenvalue weighted by molar-refractivity contribution is 0.513. The van der Waals surface area contributed by atoms with Crippen LogP contribution in [0.25, 0.3) is 0 Å². The van der Waals surface area contributed by atoms with Crippen LogP contribution in [0.3, 0.4) is 0 Å². The lowest BCUT2D eigenvalue weighted by Crippen LogP contribution is -2.09. The molecule has 0 aliphatic carbocycles. The third-order valence-corrected chi connectivity index (χ3v) is 4.25. The van der Waals surface area contributed by atoms with E-state index in [1.54, 1.807) is 0 Å². The number of aromatic nitrogens is 2. The van der Waals surface area contributed by atoms with Crippen molar-refractivity contribution in [2.24, 2.45) is 13.0 Å². The van der Waals surface area contributed by atoms with E-state index in [4.69, 9.17) is 11.6 Å². The Labute approximate surface area is 111 Å². The summed E-state index contributed by atoms with van der Waals surface area (Å²) >= 11 is 9.91. The van der Waals surface area contributed by atoms with Crippen LogP contribution in [-0.4, -0.2) is 15.1 Å². The molecule has 1 aromatic heterocycles. The van der Waals surface area contributed by atoms with Crippen LogP contribution in [0.4, 0.5) is 0 Å². The molecule has 92 valence electrons. The van der Waals surface area contributed by atoms with Crippen molar-refractivity contribution in [2.45, 2.75) is 39.5 Å². The Morgan fingerprint density at radius 2 is 2.12 bits per heavy atom. The maximum absolute atomic E-state index is 6.33. The van der Waals surface area contributed by atoms with Crippen molar-refractivity contribution in [2.75, 3.05) is 5.33 Å². The molecule has 1 aromatic rings. The molecule has 0 saturated heterocycles. The third-order valence-electron chi connectivity index (χ3n) is 2.90. The Morgan fingerprint density at radius 3 is 2.56 bits per heavy atom. The number of aryl methyl sites for hydroxylation is 2. The average molecular weight is 308 g/mol. The van der Waals surface area contributed by atoms with Crippen molar-refractivity contribution in [1.82, 2.24) is 9.78 Å². The maximum atomic E-state index is 6.33. The van der Waals surface area contributed by atoms with E-state index in [0.29, 0.717) is 5.92 Å². The van der Waals surface area contributed by atoms with E-state index in [2.05, 4.69) is 34.9 Å². The Morgan fingerprint density at radius 1 is 1.44 bits per heavy atom. The van der Waals surface area contributed by atoms with Crippen molar-refractivity contribution in [1.29, 1.82) is 0 Å². The second kappa shape index (κ2) is 6.65. The molecule has 2 nitrogen and oxygen atoms in total. The normalized spacial score (nSPS) is 13.1. The predicted octanol–water partition coefficient (Wildman–Crippen LogP) is 3.99. The van der Waals surface area contributed by atoms with Crippen molar-refractivity contribution >= 4 is 27.5 Å². The molecule has 0 amide bonds. The molecular weight excluding hydrogens is 288 g/mol. The summed E-state index contributed by atoms with van der Waals surface area (Å²) in [6, 6.07) is 0. The maximum Gasteiger partial charge on any atom is 0.0849 e. The van der Waals surface area contributed by atoms with E-state index in [-0.39, 0.29) is 0 Å². The van der Waals surface area contributed by atoms with Crippen molar-refractivity contribution in [3.05, 3.63) is 16.4 Å². The van der Waals surface area contributed by atoms with Gasteiger partial charge in [-0.05, 0) is 25.2 Å². The molecule has 0 N–H and O–H groups in total. The molecule has 0 radical (unpaired) electrons. The minimum absolute atomic E-state index is 0.655. The lowest BCUT2D eigenvalue weighted by atomic mass is 10.00. The van der Waals surface area contributed by atoms with Crippen LogP contribution in [0.2, 0.25) is 5.02 Å². The summed E-state index contributed by atoms with van der Waals surface area (Å²) in [4.78, 5) is 0. The summed E-state index contributed by atoms with van der Waals surface area (Å²) in [5, 5.41) is 6.34. The second-order valence-corrected chi connectivity index (χ2v) is 5.22. The summed E-state index contributed by atoms with van der Waals surface area (Å²) in [5.41, 5.74) is 2.19. The van der Waals surface area contributed by atoms with Crippen LogP contribution >= 0.6 is 27.5 Å². The smallest absolute Gasteiger partial charge is 0.0849 e. The van der Waals surface area contributed by atoms with Gasteiger partial charge in [0.1, 0.15) is 0 Å². The highest BCUT2D eigenvalue weighted by molar-refractivity contribution is 9.09. The fourth-order valence-corrected chi connectivity index (χ4v) is 2.88. The summed E-state index contributed by atoms with van der Waals surface area (Å²) < 4.78 is 1.94. The first-order valence-corrected chi connectivity index (χ1v) is 7.40. The van der Waals surface area contributed by atoms with Crippen molar-refractivity contribution in [3.63, 3.8) is 0 Å². The number of hydrogen-bond donors (Lipinski definition) is 0. The molecule has 0 aromatic carbocycles. The van der Waals surface area contributed by atoms with E-state index in [1.807, 2.05) is 11.7 Å². The molecule has 1 atom stereocenters. The van der Waals surface area contributed by atoms with E-state index in [1.165, 1.54) is 18.5 Å². The van der Waals surface area contributed by atoms with E-state index in [0.717, 1.165) is 28.9 Å².